The first-order valence-corrected chi connectivity index (χ1v) is 9.79. The molecule has 0 unspecified atom stereocenters. The molecule has 2 aromatic rings. The van der Waals surface area contributed by atoms with E-state index in [4.69, 9.17) is 19.3 Å². The summed E-state index contributed by atoms with van der Waals surface area (Å²) in [6, 6.07) is 4.25. The number of halogens is 1. The molecule has 0 aliphatic rings. The van der Waals surface area contributed by atoms with Gasteiger partial charge in [-0.1, -0.05) is 14.8 Å². The number of hydrogen-bond donors (Lipinski definition) is 5. The maximum Gasteiger partial charge on any atom is 0.181 e. The highest BCUT2D eigenvalue weighted by molar-refractivity contribution is 7.93. The van der Waals surface area contributed by atoms with Crippen LogP contribution < -0.4 is 5.48 Å². The van der Waals surface area contributed by atoms with Gasteiger partial charge in [-0.05, 0) is 48.7 Å². The third-order valence-corrected chi connectivity index (χ3v) is 5.48. The van der Waals surface area contributed by atoms with Crippen LogP contribution in [0.1, 0.15) is 23.4 Å². The molecule has 5 N–H and O–H groups in total. The van der Waals surface area contributed by atoms with Crippen molar-refractivity contribution in [2.75, 3.05) is 18.1 Å². The Morgan fingerprint density at radius 2 is 2.12 bits per heavy atom. The molecule has 0 spiro atoms. The summed E-state index contributed by atoms with van der Waals surface area (Å²) < 4.78 is 33.7. The van der Waals surface area contributed by atoms with Gasteiger partial charge in [-0.15, -0.1) is 0 Å². The van der Waals surface area contributed by atoms with Crippen molar-refractivity contribution >= 4 is 21.1 Å². The van der Waals surface area contributed by atoms with Crippen molar-refractivity contribution in [3.05, 3.63) is 41.0 Å². The van der Waals surface area contributed by atoms with Gasteiger partial charge in [0.2, 0.25) is 0 Å². The van der Waals surface area contributed by atoms with Crippen molar-refractivity contribution < 1.29 is 19.3 Å². The molecule has 1 aromatic heterocycles. The lowest BCUT2D eigenvalue weighted by Gasteiger charge is -2.08. The normalized spacial score (nSPS) is 12.4. The van der Waals surface area contributed by atoms with Gasteiger partial charge in [-0.3, -0.25) is 20.2 Å². The minimum absolute atomic E-state index is 0.00188. The Bertz CT molecular complexity index is 881. The van der Waals surface area contributed by atoms with E-state index in [9.17, 15) is 9.60 Å². The van der Waals surface area contributed by atoms with Crippen molar-refractivity contribution in [3.8, 4) is 0 Å². The molecule has 1 heterocycles. The van der Waals surface area contributed by atoms with E-state index >= 15 is 0 Å². The molecular formula is C15H21FN6O3S. The second-order valence-corrected chi connectivity index (χ2v) is 8.27. The van der Waals surface area contributed by atoms with Gasteiger partial charge in [0.25, 0.3) is 0 Å². The van der Waals surface area contributed by atoms with Crippen LogP contribution >= 0.6 is 0 Å². The molecule has 9 nitrogen and oxygen atoms in total. The number of benzene rings is 1. The summed E-state index contributed by atoms with van der Waals surface area (Å²) in [6.07, 6.45) is 0.859. The van der Waals surface area contributed by atoms with Crippen molar-refractivity contribution in [2.45, 2.75) is 19.8 Å². The van der Waals surface area contributed by atoms with Gasteiger partial charge in [0.1, 0.15) is 11.5 Å². The van der Waals surface area contributed by atoms with Crippen molar-refractivity contribution in [3.63, 3.8) is 0 Å². The van der Waals surface area contributed by atoms with Crippen molar-refractivity contribution in [1.29, 1.82) is 9.56 Å². The van der Waals surface area contributed by atoms with E-state index in [0.29, 0.717) is 35.5 Å². The van der Waals surface area contributed by atoms with Gasteiger partial charge in [0.15, 0.2) is 11.5 Å². The molecule has 0 amide bonds. The molecule has 0 aliphatic carbocycles. The number of rotatable bonds is 8. The molecule has 1 aromatic carbocycles. The van der Waals surface area contributed by atoms with Gasteiger partial charge < -0.3 is 5.11 Å². The summed E-state index contributed by atoms with van der Waals surface area (Å²) >= 11 is 0. The third kappa shape index (κ3) is 5.31. The summed E-state index contributed by atoms with van der Waals surface area (Å²) in [5, 5.41) is 25.8. The lowest BCUT2D eigenvalue weighted by Crippen LogP contribution is -2.22. The van der Waals surface area contributed by atoms with Crippen LogP contribution in [-0.4, -0.2) is 44.6 Å². The highest BCUT2D eigenvalue weighted by Gasteiger charge is 2.17. The molecule has 0 bridgehead atoms. The van der Waals surface area contributed by atoms with Gasteiger partial charge in [-0.2, -0.15) is 0 Å². The SMILES string of the molecule is Cc1cc(N=C(NO)c2nonc2CCCS(=N)(=N)CCO)ccc1F. The number of hydroxylamine groups is 1. The van der Waals surface area contributed by atoms with Crippen LogP contribution in [0.4, 0.5) is 10.1 Å². The minimum atomic E-state index is -2.34. The smallest absolute Gasteiger partial charge is 0.181 e. The number of aryl methyl sites for hydroxylation is 2. The van der Waals surface area contributed by atoms with Crippen molar-refractivity contribution in [1.82, 2.24) is 15.8 Å². The number of amidine groups is 1. The molecule has 26 heavy (non-hydrogen) atoms. The summed E-state index contributed by atoms with van der Waals surface area (Å²) in [7, 11) is -2.34. The van der Waals surface area contributed by atoms with E-state index in [1.807, 2.05) is 5.48 Å². The minimum Gasteiger partial charge on any atom is -0.395 e. The van der Waals surface area contributed by atoms with Gasteiger partial charge in [-0.25, -0.2) is 14.0 Å². The van der Waals surface area contributed by atoms with Gasteiger partial charge in [0, 0.05) is 11.5 Å². The zero-order valence-corrected chi connectivity index (χ0v) is 15.0. The molecule has 142 valence electrons. The van der Waals surface area contributed by atoms with E-state index in [2.05, 4.69) is 15.3 Å². The first kappa shape index (κ1) is 19.9. The summed E-state index contributed by atoms with van der Waals surface area (Å²) in [5.41, 5.74) is 3.40. The topological polar surface area (TPSA) is 151 Å². The second kappa shape index (κ2) is 8.83. The molecule has 0 atom stereocenters. The Balaban J connectivity index is 2.16. The zero-order chi connectivity index (χ0) is 19.2. The molecule has 0 aliphatic heterocycles. The summed E-state index contributed by atoms with van der Waals surface area (Å²) in [6.45, 7) is 1.42. The van der Waals surface area contributed by atoms with Gasteiger partial charge in [0.05, 0.1) is 12.3 Å². The standard InChI is InChI=1S/C15H21FN6O3S/c1-10-9-11(4-5-12(10)16)19-15(20-24)14-13(21-25-22-14)3-2-7-26(17,18)8-6-23/h4-5,9,17-18,23-24H,2-3,6-8H2,1H3,(H,19,20). The molecule has 0 radical (unpaired) electrons. The lowest BCUT2D eigenvalue weighted by molar-refractivity contribution is 0.234. The molecule has 11 heteroatoms. The van der Waals surface area contributed by atoms with E-state index in [1.54, 1.807) is 6.92 Å². The lowest BCUT2D eigenvalue weighted by atomic mass is 10.2. The zero-order valence-electron chi connectivity index (χ0n) is 14.2. The fraction of sp³-hybridized carbons (Fsp3) is 0.400. The van der Waals surface area contributed by atoms with Crippen LogP contribution in [0.2, 0.25) is 0 Å². The molecule has 2 rings (SSSR count). The Hall–Kier alpha value is -2.37. The Labute approximate surface area is 150 Å². The Morgan fingerprint density at radius 3 is 2.77 bits per heavy atom. The van der Waals surface area contributed by atoms with Gasteiger partial charge >= 0.3 is 0 Å². The molecular weight excluding hydrogens is 363 g/mol. The first-order valence-electron chi connectivity index (χ1n) is 7.82. The van der Waals surface area contributed by atoms with Crippen LogP contribution in [0.15, 0.2) is 27.8 Å². The fourth-order valence-electron chi connectivity index (χ4n) is 2.25. The summed E-state index contributed by atoms with van der Waals surface area (Å²) in [5.74, 6) is 0.103. The number of aliphatic hydroxyl groups excluding tert-OH is 1. The average molecular weight is 384 g/mol. The van der Waals surface area contributed by atoms with E-state index in [-0.39, 0.29) is 29.7 Å². The fourth-order valence-corrected chi connectivity index (χ4v) is 3.41. The highest BCUT2D eigenvalue weighted by atomic mass is 32.2. The van der Waals surface area contributed by atoms with E-state index < -0.39 is 9.62 Å². The molecule has 0 fully saturated rings. The maximum absolute atomic E-state index is 13.4. The van der Waals surface area contributed by atoms with Crippen LogP contribution in [0.5, 0.6) is 0 Å². The quantitative estimate of drug-likeness (QED) is 0.267. The molecule has 0 saturated carbocycles. The molecule has 0 saturated heterocycles. The number of nitrogens with zero attached hydrogens (tertiary/aromatic N) is 3. The van der Waals surface area contributed by atoms with Crippen LogP contribution in [0.3, 0.4) is 0 Å². The van der Waals surface area contributed by atoms with E-state index in [0.717, 1.165) is 0 Å². The van der Waals surface area contributed by atoms with E-state index in [1.165, 1.54) is 18.2 Å². The van der Waals surface area contributed by atoms with Crippen LogP contribution in [0.25, 0.3) is 0 Å². The second-order valence-electron chi connectivity index (χ2n) is 5.68. The third-order valence-electron chi connectivity index (χ3n) is 3.62. The van der Waals surface area contributed by atoms with Crippen molar-refractivity contribution in [2.24, 2.45) is 4.99 Å². The van der Waals surface area contributed by atoms with Crippen LogP contribution in [0, 0.1) is 22.3 Å². The number of nitrogens with one attached hydrogen (secondary N) is 3. The average Bonchev–Trinajstić information content (AvgIpc) is 3.04. The predicted octanol–water partition coefficient (Wildman–Crippen LogP) is 2.18. The Kier molecular flexibility index (Phi) is 6.77. The summed E-state index contributed by atoms with van der Waals surface area (Å²) in [4.78, 5) is 4.19. The largest absolute Gasteiger partial charge is 0.395 e. The highest BCUT2D eigenvalue weighted by Crippen LogP contribution is 2.18. The number of hydrogen-bond acceptors (Lipinski definition) is 8. The Morgan fingerprint density at radius 1 is 1.35 bits per heavy atom. The number of aromatic nitrogens is 2. The van der Waals surface area contributed by atoms with Crippen LogP contribution in [-0.2, 0) is 16.0 Å². The monoisotopic (exact) mass is 384 g/mol. The first-order chi connectivity index (χ1) is 12.4. The maximum atomic E-state index is 13.4. The number of aliphatic hydroxyl groups is 1. The predicted molar refractivity (Wildman–Crippen MR) is 94.5 cm³/mol. The number of aliphatic imine (C=N–C) groups is 1.